The van der Waals surface area contributed by atoms with Crippen LogP contribution in [0.2, 0.25) is 0 Å². The topological polar surface area (TPSA) is 111 Å². The quantitative estimate of drug-likeness (QED) is 0.329. The molecule has 0 bridgehead atoms. The number of thiazole rings is 1. The average molecular weight is 507 g/mol. The normalized spacial score (nSPS) is 15.6. The molecular formula is C26H22N2O7S. The van der Waals surface area contributed by atoms with Crippen LogP contribution in [0.5, 0.6) is 17.2 Å². The lowest BCUT2D eigenvalue weighted by Crippen LogP contribution is -2.31. The van der Waals surface area contributed by atoms with Gasteiger partial charge in [0, 0.05) is 0 Å². The fourth-order valence-electron chi connectivity index (χ4n) is 4.14. The third-order valence-electron chi connectivity index (χ3n) is 5.79. The van der Waals surface area contributed by atoms with Gasteiger partial charge in [-0.05, 0) is 55.0 Å². The molecule has 0 radical (unpaired) electrons. The van der Waals surface area contributed by atoms with Crippen LogP contribution in [0.1, 0.15) is 29.1 Å². The summed E-state index contributed by atoms with van der Waals surface area (Å²) >= 11 is 1.25. The molecule has 0 aliphatic carbocycles. The SMILES string of the molecule is CCOc1ccc(C2C(C(=O)c3ccco3)=C(O)C(=O)N2c2nc3ccc(OC)cc3s2)cc1OC. The first-order valence-electron chi connectivity index (χ1n) is 11.1. The summed E-state index contributed by atoms with van der Waals surface area (Å²) in [6, 6.07) is 12.5. The molecule has 2 aromatic carbocycles. The van der Waals surface area contributed by atoms with Crippen LogP contribution in [0, 0.1) is 0 Å². The third-order valence-corrected chi connectivity index (χ3v) is 6.81. The molecule has 5 rings (SSSR count). The Morgan fingerprint density at radius 3 is 2.67 bits per heavy atom. The number of aliphatic hydroxyl groups is 1. The molecular weight excluding hydrogens is 484 g/mol. The number of benzene rings is 2. The molecule has 3 heterocycles. The highest BCUT2D eigenvalue weighted by Gasteiger charge is 2.46. The van der Waals surface area contributed by atoms with Crippen LogP contribution in [-0.2, 0) is 4.79 Å². The number of furan rings is 1. The number of anilines is 1. The maximum absolute atomic E-state index is 13.4. The molecule has 9 nitrogen and oxygen atoms in total. The number of aromatic nitrogens is 1. The number of Topliss-reactive ketones (excluding diaryl/α,β-unsaturated/α-hetero) is 1. The monoisotopic (exact) mass is 506 g/mol. The first-order chi connectivity index (χ1) is 17.5. The molecule has 1 atom stereocenters. The molecule has 0 saturated carbocycles. The number of ketones is 1. The Labute approximate surface area is 210 Å². The Bertz CT molecular complexity index is 1490. The number of ether oxygens (including phenoxy) is 3. The number of methoxy groups -OCH3 is 2. The highest BCUT2D eigenvalue weighted by Crippen LogP contribution is 2.46. The predicted molar refractivity (Wildman–Crippen MR) is 133 cm³/mol. The van der Waals surface area contributed by atoms with E-state index in [4.69, 9.17) is 18.6 Å². The summed E-state index contributed by atoms with van der Waals surface area (Å²) in [5.74, 6) is -0.421. The molecule has 1 aliphatic heterocycles. The molecule has 1 N–H and O–H groups in total. The first kappa shape index (κ1) is 23.4. The van der Waals surface area contributed by atoms with Gasteiger partial charge in [-0.3, -0.25) is 14.5 Å². The zero-order valence-corrected chi connectivity index (χ0v) is 20.5. The highest BCUT2D eigenvalue weighted by atomic mass is 32.1. The van der Waals surface area contributed by atoms with Crippen molar-refractivity contribution in [2.45, 2.75) is 13.0 Å². The number of nitrogens with zero attached hydrogens (tertiary/aromatic N) is 2. The molecule has 0 spiro atoms. The van der Waals surface area contributed by atoms with Crippen LogP contribution < -0.4 is 19.1 Å². The van der Waals surface area contributed by atoms with Gasteiger partial charge in [0.15, 0.2) is 28.1 Å². The van der Waals surface area contributed by atoms with Gasteiger partial charge in [-0.2, -0.15) is 0 Å². The lowest BCUT2D eigenvalue weighted by atomic mass is 9.95. The number of carbonyl (C=O) groups excluding carboxylic acids is 2. The first-order valence-corrected chi connectivity index (χ1v) is 11.9. The van der Waals surface area contributed by atoms with E-state index < -0.39 is 23.5 Å². The van der Waals surface area contributed by atoms with Gasteiger partial charge in [0.25, 0.3) is 5.91 Å². The Morgan fingerprint density at radius 2 is 1.97 bits per heavy atom. The van der Waals surface area contributed by atoms with Gasteiger partial charge >= 0.3 is 0 Å². The van der Waals surface area contributed by atoms with Crippen molar-refractivity contribution >= 4 is 38.4 Å². The van der Waals surface area contributed by atoms with Crippen molar-refractivity contribution in [3.05, 3.63) is 77.5 Å². The Balaban J connectivity index is 1.68. The minimum atomic E-state index is -0.984. The van der Waals surface area contributed by atoms with Crippen LogP contribution in [0.15, 0.2) is 70.5 Å². The van der Waals surface area contributed by atoms with Crippen molar-refractivity contribution < 1.29 is 33.3 Å². The molecule has 0 saturated heterocycles. The molecule has 36 heavy (non-hydrogen) atoms. The zero-order chi connectivity index (χ0) is 25.4. The van der Waals surface area contributed by atoms with Crippen molar-refractivity contribution in [1.29, 1.82) is 0 Å². The van der Waals surface area contributed by atoms with E-state index in [0.29, 0.717) is 40.1 Å². The van der Waals surface area contributed by atoms with Gasteiger partial charge < -0.3 is 23.7 Å². The summed E-state index contributed by atoms with van der Waals surface area (Å²) in [5.41, 5.74) is 1.06. The van der Waals surface area contributed by atoms with Gasteiger partial charge in [-0.1, -0.05) is 17.4 Å². The summed E-state index contributed by atoms with van der Waals surface area (Å²) in [6.07, 6.45) is 1.36. The summed E-state index contributed by atoms with van der Waals surface area (Å²) < 4.78 is 22.5. The van der Waals surface area contributed by atoms with E-state index in [1.165, 1.54) is 35.7 Å². The van der Waals surface area contributed by atoms with E-state index in [1.54, 1.807) is 43.5 Å². The molecule has 2 aromatic heterocycles. The summed E-state index contributed by atoms with van der Waals surface area (Å²) in [5, 5.41) is 11.3. The molecule has 1 unspecified atom stereocenters. The minimum absolute atomic E-state index is 0.00291. The van der Waals surface area contributed by atoms with E-state index in [2.05, 4.69) is 4.98 Å². The number of amides is 1. The second kappa shape index (κ2) is 9.38. The summed E-state index contributed by atoms with van der Waals surface area (Å²) in [6.45, 7) is 2.29. The van der Waals surface area contributed by atoms with E-state index in [1.807, 2.05) is 13.0 Å². The van der Waals surface area contributed by atoms with Crippen LogP contribution in [0.4, 0.5) is 5.13 Å². The lowest BCUT2D eigenvalue weighted by Gasteiger charge is -2.25. The molecule has 10 heteroatoms. The molecule has 0 fully saturated rings. The van der Waals surface area contributed by atoms with E-state index in [0.717, 1.165) is 4.70 Å². The summed E-state index contributed by atoms with van der Waals surface area (Å²) in [4.78, 5) is 32.8. The predicted octanol–water partition coefficient (Wildman–Crippen LogP) is 5.09. The number of hydrogen-bond donors (Lipinski definition) is 1. The lowest BCUT2D eigenvalue weighted by molar-refractivity contribution is -0.117. The van der Waals surface area contributed by atoms with Crippen LogP contribution in [-0.4, -0.2) is 42.6 Å². The van der Waals surface area contributed by atoms with Gasteiger partial charge in [0.2, 0.25) is 5.78 Å². The molecule has 1 aliphatic rings. The number of hydrogen-bond acceptors (Lipinski definition) is 9. The minimum Gasteiger partial charge on any atom is -0.503 e. The van der Waals surface area contributed by atoms with E-state index in [9.17, 15) is 14.7 Å². The van der Waals surface area contributed by atoms with Crippen LogP contribution in [0.3, 0.4) is 0 Å². The van der Waals surface area contributed by atoms with Gasteiger partial charge in [0.1, 0.15) is 5.75 Å². The zero-order valence-electron chi connectivity index (χ0n) is 19.7. The maximum Gasteiger partial charge on any atom is 0.296 e. The van der Waals surface area contributed by atoms with E-state index >= 15 is 0 Å². The van der Waals surface area contributed by atoms with Crippen LogP contribution in [0.25, 0.3) is 10.2 Å². The highest BCUT2D eigenvalue weighted by molar-refractivity contribution is 7.22. The Kier molecular flexibility index (Phi) is 6.11. The van der Waals surface area contributed by atoms with Crippen molar-refractivity contribution in [3.63, 3.8) is 0 Å². The van der Waals surface area contributed by atoms with Crippen LogP contribution >= 0.6 is 11.3 Å². The summed E-state index contributed by atoms with van der Waals surface area (Å²) in [7, 11) is 3.07. The smallest absolute Gasteiger partial charge is 0.296 e. The van der Waals surface area contributed by atoms with Gasteiger partial charge in [0.05, 0.1) is 48.9 Å². The van der Waals surface area contributed by atoms with Crippen molar-refractivity contribution in [2.75, 3.05) is 25.7 Å². The second-order valence-electron chi connectivity index (χ2n) is 7.82. The number of rotatable bonds is 8. The van der Waals surface area contributed by atoms with Gasteiger partial charge in [-0.15, -0.1) is 0 Å². The van der Waals surface area contributed by atoms with Crippen molar-refractivity contribution in [2.24, 2.45) is 0 Å². The average Bonchev–Trinajstić information content (AvgIpc) is 3.62. The fraction of sp³-hybridized carbons (Fsp3) is 0.192. The number of aliphatic hydroxyl groups excluding tert-OH is 1. The Hall–Kier alpha value is -4.31. The number of carbonyl (C=O) groups is 2. The fourth-order valence-corrected chi connectivity index (χ4v) is 5.16. The number of fused-ring (bicyclic) bond motifs is 1. The van der Waals surface area contributed by atoms with Crippen molar-refractivity contribution in [1.82, 2.24) is 4.98 Å². The molecule has 184 valence electrons. The molecule has 4 aromatic rings. The largest absolute Gasteiger partial charge is 0.503 e. The third kappa shape index (κ3) is 3.85. The van der Waals surface area contributed by atoms with Gasteiger partial charge in [-0.25, -0.2) is 4.98 Å². The second-order valence-corrected chi connectivity index (χ2v) is 8.83. The standard InChI is InChI=1S/C26H22N2O7S/c1-4-34-17-10-7-14(12-19(17)33-3)22-21(23(29)18-6-5-11-35-18)24(30)25(31)28(22)26-27-16-9-8-15(32-2)13-20(16)36-26/h5-13,22,30H,4H2,1-3H3. The Morgan fingerprint density at radius 1 is 1.14 bits per heavy atom. The molecule has 1 amide bonds. The maximum atomic E-state index is 13.4. The van der Waals surface area contributed by atoms with Crippen molar-refractivity contribution in [3.8, 4) is 17.2 Å². The van der Waals surface area contributed by atoms with E-state index in [-0.39, 0.29) is 11.3 Å².